The van der Waals surface area contributed by atoms with Crippen LogP contribution in [-0.4, -0.2) is 27.5 Å². The molecule has 8 nitrogen and oxygen atoms in total. The molecule has 0 saturated carbocycles. The number of carbonyl (C=O) groups excluding carboxylic acids is 2. The lowest BCUT2D eigenvalue weighted by molar-refractivity contribution is 0.0599. The second-order valence-corrected chi connectivity index (χ2v) is 8.05. The minimum atomic E-state index is -4.23. The molecule has 31 heavy (non-hydrogen) atoms. The topological polar surface area (TPSA) is 111 Å². The number of para-hydroxylation sites is 1. The second kappa shape index (κ2) is 9.31. The molecule has 0 fully saturated rings. The average Bonchev–Trinajstić information content (AvgIpc) is 2.74. The molecule has 2 N–H and O–H groups in total. The first-order valence-corrected chi connectivity index (χ1v) is 10.6. The minimum absolute atomic E-state index is 0.0662. The number of hydrogen-bond acceptors (Lipinski definition) is 6. The molecule has 3 aromatic rings. The maximum atomic E-state index is 12.7. The molecule has 0 saturated heterocycles. The van der Waals surface area contributed by atoms with Crippen molar-refractivity contribution in [2.75, 3.05) is 17.7 Å². The Morgan fingerprint density at radius 1 is 0.839 bits per heavy atom. The van der Waals surface area contributed by atoms with Gasteiger partial charge in [-0.2, -0.15) is 8.42 Å². The summed E-state index contributed by atoms with van der Waals surface area (Å²) in [4.78, 5) is 24.3. The summed E-state index contributed by atoms with van der Waals surface area (Å²) >= 11 is 0. The molecular weight excluding hydrogens is 420 g/mol. The van der Waals surface area contributed by atoms with Crippen LogP contribution in [0.25, 0.3) is 0 Å². The Kier molecular flexibility index (Phi) is 6.56. The molecule has 0 atom stereocenters. The molecular formula is C22H20N2O6S. The normalized spacial score (nSPS) is 10.8. The van der Waals surface area contributed by atoms with Crippen LogP contribution in [0.15, 0.2) is 77.7 Å². The van der Waals surface area contributed by atoms with Gasteiger partial charge in [0.2, 0.25) is 0 Å². The van der Waals surface area contributed by atoms with Crippen molar-refractivity contribution in [1.82, 2.24) is 0 Å². The first-order chi connectivity index (χ1) is 14.8. The van der Waals surface area contributed by atoms with E-state index >= 15 is 0 Å². The Morgan fingerprint density at radius 2 is 1.55 bits per heavy atom. The molecule has 0 bridgehead atoms. The number of hydrogen-bond donors (Lipinski definition) is 2. The van der Waals surface area contributed by atoms with E-state index in [1.54, 1.807) is 43.3 Å². The monoisotopic (exact) mass is 440 g/mol. The summed E-state index contributed by atoms with van der Waals surface area (Å²) < 4.78 is 35.4. The van der Waals surface area contributed by atoms with E-state index in [-0.39, 0.29) is 21.9 Å². The van der Waals surface area contributed by atoms with Crippen LogP contribution in [0.1, 0.15) is 15.9 Å². The zero-order chi connectivity index (χ0) is 22.4. The van der Waals surface area contributed by atoms with E-state index in [9.17, 15) is 18.0 Å². The second-order valence-electron chi connectivity index (χ2n) is 6.50. The van der Waals surface area contributed by atoms with Crippen LogP contribution in [0.3, 0.4) is 0 Å². The van der Waals surface area contributed by atoms with E-state index in [0.29, 0.717) is 5.69 Å². The van der Waals surface area contributed by atoms with E-state index in [2.05, 4.69) is 10.6 Å². The van der Waals surface area contributed by atoms with Crippen molar-refractivity contribution in [2.45, 2.75) is 11.8 Å². The van der Waals surface area contributed by atoms with Crippen molar-refractivity contribution >= 4 is 33.5 Å². The average molecular weight is 440 g/mol. The van der Waals surface area contributed by atoms with Gasteiger partial charge in [-0.1, -0.05) is 30.3 Å². The highest BCUT2D eigenvalue weighted by atomic mass is 32.2. The molecule has 160 valence electrons. The van der Waals surface area contributed by atoms with Crippen LogP contribution in [-0.2, 0) is 14.9 Å². The molecule has 0 unspecified atom stereocenters. The van der Waals surface area contributed by atoms with Gasteiger partial charge in [0.25, 0.3) is 0 Å². The predicted octanol–water partition coefficient (Wildman–Crippen LogP) is 4.19. The number of carbonyl (C=O) groups is 2. The van der Waals surface area contributed by atoms with E-state index in [1.807, 2.05) is 6.07 Å². The highest BCUT2D eigenvalue weighted by Crippen LogP contribution is 2.28. The first-order valence-electron chi connectivity index (χ1n) is 9.15. The van der Waals surface area contributed by atoms with Gasteiger partial charge in [0.05, 0.1) is 7.11 Å². The van der Waals surface area contributed by atoms with E-state index in [0.717, 1.165) is 5.56 Å². The van der Waals surface area contributed by atoms with Crippen LogP contribution >= 0.6 is 0 Å². The van der Waals surface area contributed by atoms with Crippen molar-refractivity contribution in [1.29, 1.82) is 0 Å². The molecule has 0 radical (unpaired) electrons. The Labute approximate surface area is 179 Å². The predicted molar refractivity (Wildman–Crippen MR) is 116 cm³/mol. The van der Waals surface area contributed by atoms with Gasteiger partial charge in [-0.15, -0.1) is 0 Å². The van der Waals surface area contributed by atoms with Gasteiger partial charge in [-0.05, 0) is 48.9 Å². The third kappa shape index (κ3) is 5.61. The van der Waals surface area contributed by atoms with Gasteiger partial charge >= 0.3 is 22.1 Å². The fraction of sp³-hybridized carbons (Fsp3) is 0.0909. The summed E-state index contributed by atoms with van der Waals surface area (Å²) in [7, 11) is -3.06. The number of esters is 1. The number of anilines is 2. The summed E-state index contributed by atoms with van der Waals surface area (Å²) in [5.41, 5.74) is 1.42. The molecule has 0 spiro atoms. The Balaban J connectivity index is 1.88. The van der Waals surface area contributed by atoms with E-state index < -0.39 is 22.1 Å². The highest BCUT2D eigenvalue weighted by Gasteiger charge is 2.22. The van der Waals surface area contributed by atoms with Crippen molar-refractivity contribution in [3.63, 3.8) is 0 Å². The Bertz CT molecular complexity index is 1210. The number of rotatable bonds is 6. The number of benzene rings is 3. The molecule has 0 aliphatic carbocycles. The molecule has 0 aliphatic heterocycles. The van der Waals surface area contributed by atoms with Crippen molar-refractivity contribution in [3.05, 3.63) is 83.9 Å². The summed E-state index contributed by atoms with van der Waals surface area (Å²) in [6.07, 6.45) is 0. The zero-order valence-electron chi connectivity index (χ0n) is 16.8. The Hall–Kier alpha value is -3.85. The summed E-state index contributed by atoms with van der Waals surface area (Å²) in [5.74, 6) is -1.06. The van der Waals surface area contributed by atoms with Gasteiger partial charge < -0.3 is 19.6 Å². The molecule has 2 amide bonds. The van der Waals surface area contributed by atoms with Crippen molar-refractivity contribution in [3.8, 4) is 5.75 Å². The quantitative estimate of drug-likeness (QED) is 0.439. The lowest BCUT2D eigenvalue weighted by Crippen LogP contribution is -2.20. The van der Waals surface area contributed by atoms with Gasteiger partial charge in [-0.3, -0.25) is 0 Å². The van der Waals surface area contributed by atoms with Crippen LogP contribution in [0.5, 0.6) is 5.75 Å². The molecule has 0 aromatic heterocycles. The molecule has 9 heteroatoms. The van der Waals surface area contributed by atoms with Gasteiger partial charge in [0.1, 0.15) is 10.5 Å². The maximum Gasteiger partial charge on any atom is 0.341 e. The number of nitrogens with one attached hydrogen (secondary N) is 2. The number of amides is 2. The highest BCUT2D eigenvalue weighted by molar-refractivity contribution is 7.87. The van der Waals surface area contributed by atoms with Crippen molar-refractivity contribution < 1.29 is 26.9 Å². The number of urea groups is 1. The lowest BCUT2D eigenvalue weighted by atomic mass is 10.2. The fourth-order valence-electron chi connectivity index (χ4n) is 2.70. The lowest BCUT2D eigenvalue weighted by Gasteiger charge is -2.13. The molecule has 0 aliphatic rings. The third-order valence-corrected chi connectivity index (χ3v) is 5.38. The maximum absolute atomic E-state index is 12.7. The summed E-state index contributed by atoms with van der Waals surface area (Å²) in [6.45, 7) is 1.74. The van der Waals surface area contributed by atoms with Gasteiger partial charge in [-0.25, -0.2) is 9.59 Å². The van der Waals surface area contributed by atoms with Crippen LogP contribution < -0.4 is 14.8 Å². The van der Waals surface area contributed by atoms with Gasteiger partial charge in [0.15, 0.2) is 5.75 Å². The summed E-state index contributed by atoms with van der Waals surface area (Å²) in [6, 6.07) is 18.4. The molecule has 0 heterocycles. The van der Waals surface area contributed by atoms with Crippen molar-refractivity contribution in [2.24, 2.45) is 0 Å². The van der Waals surface area contributed by atoms with Crippen LogP contribution in [0.2, 0.25) is 0 Å². The largest absolute Gasteiger partial charge is 0.465 e. The fourth-order valence-corrected chi connectivity index (χ4v) is 3.75. The smallest absolute Gasteiger partial charge is 0.341 e. The Morgan fingerprint density at radius 3 is 2.23 bits per heavy atom. The minimum Gasteiger partial charge on any atom is -0.465 e. The van der Waals surface area contributed by atoms with Crippen LogP contribution in [0, 0.1) is 6.92 Å². The van der Waals surface area contributed by atoms with E-state index in [4.69, 9.17) is 8.92 Å². The molecule has 3 aromatic carbocycles. The number of methoxy groups -OCH3 is 1. The number of ether oxygens (including phenoxy) is 1. The summed E-state index contributed by atoms with van der Waals surface area (Å²) in [5, 5.41) is 5.21. The van der Waals surface area contributed by atoms with Gasteiger partial charge in [0, 0.05) is 17.4 Å². The number of aryl methyl sites for hydroxylation is 1. The van der Waals surface area contributed by atoms with Crippen LogP contribution in [0.4, 0.5) is 16.2 Å². The van der Waals surface area contributed by atoms with E-state index in [1.165, 1.54) is 37.4 Å². The zero-order valence-corrected chi connectivity index (χ0v) is 17.6. The SMILES string of the molecule is COC(=O)c1ccc(NC(=O)Nc2ccccc2)cc1OS(=O)(=O)c1cccc(C)c1. The first kappa shape index (κ1) is 21.8. The third-order valence-electron chi connectivity index (χ3n) is 4.15. The standard InChI is InChI=1S/C22H20N2O6S/c1-15-7-6-10-18(13-15)31(27,28)30-20-14-17(11-12-19(20)21(25)29-2)24-22(26)23-16-8-4-3-5-9-16/h3-14H,1-2H3,(H2,23,24,26). The molecule has 3 rings (SSSR count).